The number of hydroxylamine groups is 1. The summed E-state index contributed by atoms with van der Waals surface area (Å²) in [6, 6.07) is 0. The summed E-state index contributed by atoms with van der Waals surface area (Å²) < 4.78 is 1.29. The van der Waals surface area contributed by atoms with Crippen LogP contribution in [0.3, 0.4) is 0 Å². The quantitative estimate of drug-likeness (QED) is 0.145. The normalized spacial score (nSPS) is 13.8. The average Bonchev–Trinajstić information content (AvgIpc) is 3.06. The first-order valence-electron chi connectivity index (χ1n) is 8.25. The molecule has 1 aromatic rings. The molecule has 0 atom stereocenters. The molecular formula is C15H27N7O5. The van der Waals surface area contributed by atoms with Crippen LogP contribution in [0.1, 0.15) is 34.6 Å². The van der Waals surface area contributed by atoms with Crippen LogP contribution in [0, 0.1) is 10.1 Å². The first-order chi connectivity index (χ1) is 12.5. The lowest BCUT2D eigenvalue weighted by atomic mass is 9.98. The second-order valence-electron chi connectivity index (χ2n) is 6.97. The third-order valence-corrected chi connectivity index (χ3v) is 4.17. The molecular weight excluding hydrogens is 358 g/mol. The van der Waals surface area contributed by atoms with Crippen LogP contribution in [0.15, 0.2) is 22.7 Å². The van der Waals surface area contributed by atoms with Gasteiger partial charge in [0.2, 0.25) is 0 Å². The number of hydrogen-bond donors (Lipinski definition) is 4. The van der Waals surface area contributed by atoms with E-state index in [1.165, 1.54) is 17.0 Å². The van der Waals surface area contributed by atoms with Gasteiger partial charge in [-0.3, -0.25) is 4.84 Å². The van der Waals surface area contributed by atoms with Gasteiger partial charge in [-0.15, -0.1) is 0 Å². The highest BCUT2D eigenvalue weighted by atomic mass is 16.6. The van der Waals surface area contributed by atoms with Gasteiger partial charge in [0, 0.05) is 6.54 Å². The molecule has 0 aliphatic carbocycles. The molecule has 0 spiro atoms. The van der Waals surface area contributed by atoms with E-state index < -0.39 is 16.0 Å². The van der Waals surface area contributed by atoms with Crippen molar-refractivity contribution in [2.75, 3.05) is 13.2 Å². The van der Waals surface area contributed by atoms with E-state index in [1.54, 1.807) is 34.6 Å². The molecule has 1 rings (SSSR count). The lowest BCUT2D eigenvalue weighted by Crippen LogP contribution is -2.51. The molecule has 0 aliphatic heterocycles. The van der Waals surface area contributed by atoms with Gasteiger partial charge >= 0.3 is 5.95 Å². The van der Waals surface area contributed by atoms with Gasteiger partial charge in [-0.2, -0.15) is 5.48 Å². The molecule has 0 amide bonds. The van der Waals surface area contributed by atoms with Crippen LogP contribution in [-0.2, 0) is 11.4 Å². The highest BCUT2D eigenvalue weighted by Crippen LogP contribution is 2.13. The van der Waals surface area contributed by atoms with Crippen LogP contribution in [0.5, 0.6) is 0 Å². The monoisotopic (exact) mass is 385 g/mol. The number of nitrogens with one attached hydrogen (secondary N) is 2. The zero-order chi connectivity index (χ0) is 20.7. The maximum Gasteiger partial charge on any atom is 0.434 e. The molecule has 0 saturated carbocycles. The molecule has 0 fully saturated rings. The van der Waals surface area contributed by atoms with Crippen LogP contribution in [0.2, 0.25) is 0 Å². The predicted molar refractivity (Wildman–Crippen MR) is 98.2 cm³/mol. The minimum Gasteiger partial charge on any atom is -0.411 e. The number of imidazole rings is 1. The van der Waals surface area contributed by atoms with Crippen LogP contribution in [0.4, 0.5) is 5.95 Å². The summed E-state index contributed by atoms with van der Waals surface area (Å²) in [5.74, 6) is -0.331. The van der Waals surface area contributed by atoms with Crippen molar-refractivity contribution in [2.24, 2.45) is 10.3 Å². The van der Waals surface area contributed by atoms with E-state index in [-0.39, 0.29) is 19.1 Å². The molecule has 0 aliphatic rings. The largest absolute Gasteiger partial charge is 0.434 e. The predicted octanol–water partition coefficient (Wildman–Crippen LogP) is 1.14. The second kappa shape index (κ2) is 9.39. The van der Waals surface area contributed by atoms with Gasteiger partial charge in [-0.05, 0) is 39.5 Å². The number of rotatable bonds is 11. The minimum absolute atomic E-state index is 0.00507. The summed E-state index contributed by atoms with van der Waals surface area (Å²) in [7, 11) is 0. The van der Waals surface area contributed by atoms with Gasteiger partial charge < -0.3 is 25.8 Å². The van der Waals surface area contributed by atoms with Gasteiger partial charge in [-0.1, -0.05) is 15.3 Å². The molecule has 0 bridgehead atoms. The Hall–Kier alpha value is -2.57. The number of nitro groups is 1. The highest BCUT2D eigenvalue weighted by Gasteiger charge is 2.29. The Kier molecular flexibility index (Phi) is 7.82. The van der Waals surface area contributed by atoms with Crippen molar-refractivity contribution in [3.8, 4) is 0 Å². The van der Waals surface area contributed by atoms with Crippen molar-refractivity contribution >= 4 is 17.4 Å². The topological polar surface area (TPSA) is 159 Å². The maximum atomic E-state index is 11.0. The molecule has 0 aromatic carbocycles. The number of aromatic nitrogens is 2. The molecule has 12 nitrogen and oxygen atoms in total. The van der Waals surface area contributed by atoms with Crippen molar-refractivity contribution in [3.05, 3.63) is 22.5 Å². The van der Waals surface area contributed by atoms with Crippen LogP contribution in [-0.4, -0.2) is 60.5 Å². The Morgan fingerprint density at radius 2 is 2.00 bits per heavy atom. The third kappa shape index (κ3) is 6.27. The Labute approximate surface area is 157 Å². The molecule has 0 saturated heterocycles. The SMILES string of the molecule is C/C(=N\O)C(C)(C)NOCCNC(C)(C)/C(Cn1ccnc1[N+](=O)[O-])=N/O. The fourth-order valence-corrected chi connectivity index (χ4v) is 2.06. The van der Waals surface area contributed by atoms with Crippen molar-refractivity contribution in [1.82, 2.24) is 20.3 Å². The lowest BCUT2D eigenvalue weighted by Gasteiger charge is -2.28. The molecule has 1 heterocycles. The van der Waals surface area contributed by atoms with Crippen LogP contribution < -0.4 is 10.8 Å². The highest BCUT2D eigenvalue weighted by molar-refractivity contribution is 5.92. The third-order valence-electron chi connectivity index (χ3n) is 4.17. The molecule has 4 N–H and O–H groups in total. The zero-order valence-corrected chi connectivity index (χ0v) is 16.1. The Morgan fingerprint density at radius 3 is 2.56 bits per heavy atom. The number of oxime groups is 2. The van der Waals surface area contributed by atoms with Gasteiger partial charge in [0.1, 0.15) is 24.7 Å². The second-order valence-corrected chi connectivity index (χ2v) is 6.97. The minimum atomic E-state index is -0.756. The Bertz CT molecular complexity index is 696. The molecule has 0 radical (unpaired) electrons. The van der Waals surface area contributed by atoms with E-state index in [0.29, 0.717) is 18.0 Å². The smallest absolute Gasteiger partial charge is 0.411 e. The summed E-state index contributed by atoms with van der Waals surface area (Å²) >= 11 is 0. The van der Waals surface area contributed by atoms with Gasteiger partial charge in [-0.25, -0.2) is 4.57 Å². The van der Waals surface area contributed by atoms with E-state index in [0.717, 1.165) is 0 Å². The molecule has 152 valence electrons. The lowest BCUT2D eigenvalue weighted by molar-refractivity contribution is -0.396. The van der Waals surface area contributed by atoms with Crippen LogP contribution in [0.25, 0.3) is 0 Å². The number of nitrogens with zero attached hydrogens (tertiary/aromatic N) is 5. The molecule has 1 aromatic heterocycles. The molecule has 12 heteroatoms. The van der Waals surface area contributed by atoms with Crippen molar-refractivity contribution in [1.29, 1.82) is 0 Å². The summed E-state index contributed by atoms with van der Waals surface area (Å²) in [6.45, 7) is 9.51. The molecule has 0 unspecified atom stereocenters. The van der Waals surface area contributed by atoms with E-state index in [4.69, 9.17) is 10.0 Å². The summed E-state index contributed by atoms with van der Waals surface area (Å²) in [6.07, 6.45) is 2.76. The van der Waals surface area contributed by atoms with E-state index in [2.05, 4.69) is 26.1 Å². The first-order valence-corrected chi connectivity index (χ1v) is 8.25. The summed E-state index contributed by atoms with van der Waals surface area (Å²) in [5, 5.41) is 38.7. The fraction of sp³-hybridized carbons (Fsp3) is 0.667. The van der Waals surface area contributed by atoms with Crippen LogP contribution >= 0.6 is 0 Å². The first kappa shape index (κ1) is 22.5. The Morgan fingerprint density at radius 1 is 1.33 bits per heavy atom. The average molecular weight is 385 g/mol. The van der Waals surface area contributed by atoms with E-state index in [9.17, 15) is 15.3 Å². The summed E-state index contributed by atoms with van der Waals surface area (Å²) in [4.78, 5) is 19.4. The van der Waals surface area contributed by atoms with E-state index in [1.807, 2.05) is 0 Å². The fourth-order valence-electron chi connectivity index (χ4n) is 2.06. The van der Waals surface area contributed by atoms with Gasteiger partial charge in [0.25, 0.3) is 0 Å². The van der Waals surface area contributed by atoms with Gasteiger partial charge in [0.15, 0.2) is 0 Å². The summed E-state index contributed by atoms with van der Waals surface area (Å²) in [5.41, 5.74) is 2.16. The van der Waals surface area contributed by atoms with E-state index >= 15 is 0 Å². The maximum absolute atomic E-state index is 11.0. The number of hydrogen-bond acceptors (Lipinski definition) is 10. The van der Waals surface area contributed by atoms with Crippen molar-refractivity contribution in [2.45, 2.75) is 52.2 Å². The Balaban J connectivity index is 2.58. The van der Waals surface area contributed by atoms with Crippen molar-refractivity contribution in [3.63, 3.8) is 0 Å². The molecule has 27 heavy (non-hydrogen) atoms. The zero-order valence-electron chi connectivity index (χ0n) is 16.1. The van der Waals surface area contributed by atoms with Gasteiger partial charge in [0.05, 0.1) is 23.4 Å². The van der Waals surface area contributed by atoms with Crippen molar-refractivity contribution < 1.29 is 20.2 Å². The standard InChI is InChI=1S/C15H27N7O5/c1-11(18-23)14(2,3)20-27-9-7-17-15(4,5)12(19-24)10-21-8-6-16-13(21)22(25)26/h6,8,17,20,23-24H,7,9-10H2,1-5H3/b18-11+,19-12+.